The quantitative estimate of drug-likeness (QED) is 0.561. The van der Waals surface area contributed by atoms with Gasteiger partial charge < -0.3 is 9.64 Å². The molecule has 1 fully saturated rings. The number of anilines is 1. The maximum Gasteiger partial charge on any atom is 0.293 e. The van der Waals surface area contributed by atoms with E-state index in [0.29, 0.717) is 25.4 Å². The number of nitro benzene ring substituents is 1. The molecule has 8 nitrogen and oxygen atoms in total. The normalized spacial score (nSPS) is 20.3. The molecule has 0 amide bonds. The molecule has 1 unspecified atom stereocenters. The van der Waals surface area contributed by atoms with Crippen molar-refractivity contribution in [2.24, 2.45) is 0 Å². The van der Waals surface area contributed by atoms with Crippen LogP contribution in [-0.4, -0.2) is 50.5 Å². The molecule has 0 aromatic heterocycles. The molecule has 4 rings (SSSR count). The summed E-state index contributed by atoms with van der Waals surface area (Å²) in [6, 6.07) is 12.3. The zero-order chi connectivity index (χ0) is 20.6. The minimum Gasteiger partial charge on any atom is -0.379 e. The van der Waals surface area contributed by atoms with Crippen molar-refractivity contribution >= 4 is 21.4 Å². The lowest BCUT2D eigenvalue weighted by molar-refractivity contribution is -0.384. The summed E-state index contributed by atoms with van der Waals surface area (Å²) in [7, 11) is -3.80. The second kappa shape index (κ2) is 7.74. The van der Waals surface area contributed by atoms with Gasteiger partial charge in [-0.3, -0.25) is 10.1 Å². The van der Waals surface area contributed by atoms with E-state index in [1.807, 2.05) is 30.0 Å². The number of sulfonamides is 1. The number of hydrogen-bond donors (Lipinski definition) is 0. The van der Waals surface area contributed by atoms with Crippen LogP contribution < -0.4 is 4.90 Å². The van der Waals surface area contributed by atoms with E-state index < -0.39 is 14.9 Å². The van der Waals surface area contributed by atoms with Crippen molar-refractivity contribution in [3.05, 3.63) is 63.7 Å². The summed E-state index contributed by atoms with van der Waals surface area (Å²) in [6.07, 6.45) is 0.783. The number of morpholine rings is 1. The summed E-state index contributed by atoms with van der Waals surface area (Å²) in [4.78, 5) is 13.2. The smallest absolute Gasteiger partial charge is 0.293 e. The van der Waals surface area contributed by atoms with Crippen molar-refractivity contribution in [1.82, 2.24) is 4.31 Å². The van der Waals surface area contributed by atoms with Crippen LogP contribution in [0.5, 0.6) is 0 Å². The summed E-state index contributed by atoms with van der Waals surface area (Å²) in [5.74, 6) is 0. The number of nitrogens with zero attached hydrogens (tertiary/aromatic N) is 3. The minimum atomic E-state index is -3.80. The summed E-state index contributed by atoms with van der Waals surface area (Å²) in [5, 5.41) is 11.8. The number of hydrogen-bond acceptors (Lipinski definition) is 6. The number of rotatable bonds is 4. The fraction of sp³-hybridized carbons (Fsp3) is 0.400. The molecule has 2 aliphatic heterocycles. The van der Waals surface area contributed by atoms with E-state index in [-0.39, 0.29) is 29.7 Å². The van der Waals surface area contributed by atoms with E-state index in [1.165, 1.54) is 22.0 Å². The van der Waals surface area contributed by atoms with Crippen molar-refractivity contribution in [3.63, 3.8) is 0 Å². The van der Waals surface area contributed by atoms with Gasteiger partial charge in [0, 0.05) is 25.7 Å². The van der Waals surface area contributed by atoms with Crippen LogP contribution >= 0.6 is 0 Å². The third-order valence-electron chi connectivity index (χ3n) is 5.66. The van der Waals surface area contributed by atoms with Gasteiger partial charge in [0.1, 0.15) is 5.69 Å². The first-order valence-corrected chi connectivity index (χ1v) is 11.0. The molecule has 1 atom stereocenters. The SMILES string of the molecule is CC1c2ccccc2CCN1c1ccc(S(=O)(=O)N2CCOCC2)cc1[N+](=O)[O-]. The van der Waals surface area contributed by atoms with Crippen LogP contribution in [0.2, 0.25) is 0 Å². The van der Waals surface area contributed by atoms with Crippen LogP contribution in [-0.2, 0) is 21.2 Å². The van der Waals surface area contributed by atoms with Crippen LogP contribution in [0.25, 0.3) is 0 Å². The van der Waals surface area contributed by atoms with Crippen LogP contribution in [0.15, 0.2) is 47.4 Å². The van der Waals surface area contributed by atoms with Gasteiger partial charge in [0.2, 0.25) is 10.0 Å². The topological polar surface area (TPSA) is 93.0 Å². The Bertz CT molecular complexity index is 1030. The molecule has 9 heteroatoms. The highest BCUT2D eigenvalue weighted by molar-refractivity contribution is 7.89. The third kappa shape index (κ3) is 3.61. The molecular weight excluding hydrogens is 394 g/mol. The predicted octanol–water partition coefficient (Wildman–Crippen LogP) is 2.74. The molecule has 0 bridgehead atoms. The maximum absolute atomic E-state index is 12.9. The van der Waals surface area contributed by atoms with E-state index in [9.17, 15) is 18.5 Å². The van der Waals surface area contributed by atoms with E-state index in [1.54, 1.807) is 6.07 Å². The van der Waals surface area contributed by atoms with E-state index >= 15 is 0 Å². The molecule has 0 saturated carbocycles. The maximum atomic E-state index is 12.9. The average Bonchev–Trinajstić information content (AvgIpc) is 2.74. The van der Waals surface area contributed by atoms with Gasteiger partial charge in [-0.1, -0.05) is 24.3 Å². The first-order valence-electron chi connectivity index (χ1n) is 9.60. The summed E-state index contributed by atoms with van der Waals surface area (Å²) < 4.78 is 32.3. The van der Waals surface area contributed by atoms with E-state index in [2.05, 4.69) is 6.07 Å². The molecule has 0 aliphatic carbocycles. The van der Waals surface area contributed by atoms with Gasteiger partial charge in [-0.25, -0.2) is 8.42 Å². The highest BCUT2D eigenvalue weighted by Gasteiger charge is 2.32. The lowest BCUT2D eigenvalue weighted by Gasteiger charge is -2.36. The molecular formula is C20H23N3O5S. The lowest BCUT2D eigenvalue weighted by Crippen LogP contribution is -2.40. The zero-order valence-corrected chi connectivity index (χ0v) is 17.0. The van der Waals surface area contributed by atoms with Gasteiger partial charge in [-0.05, 0) is 36.6 Å². The summed E-state index contributed by atoms with van der Waals surface area (Å²) >= 11 is 0. The Labute approximate surface area is 169 Å². The number of nitro groups is 1. The van der Waals surface area contributed by atoms with Crippen molar-refractivity contribution < 1.29 is 18.1 Å². The van der Waals surface area contributed by atoms with Crippen LogP contribution in [0, 0.1) is 10.1 Å². The van der Waals surface area contributed by atoms with Crippen LogP contribution in [0.4, 0.5) is 11.4 Å². The second-order valence-electron chi connectivity index (χ2n) is 7.24. The highest BCUT2D eigenvalue weighted by Crippen LogP contribution is 2.39. The fourth-order valence-electron chi connectivity index (χ4n) is 4.09. The molecule has 2 heterocycles. The number of ether oxygens (including phenoxy) is 1. The molecule has 1 saturated heterocycles. The Balaban J connectivity index is 1.72. The molecule has 0 spiro atoms. The molecule has 2 aromatic carbocycles. The van der Waals surface area contributed by atoms with Gasteiger partial charge in [0.15, 0.2) is 0 Å². The van der Waals surface area contributed by atoms with Crippen molar-refractivity contribution in [2.75, 3.05) is 37.7 Å². The summed E-state index contributed by atoms with van der Waals surface area (Å²) in [6.45, 7) is 3.79. The molecule has 0 radical (unpaired) electrons. The second-order valence-corrected chi connectivity index (χ2v) is 9.18. The lowest BCUT2D eigenvalue weighted by atomic mass is 9.93. The molecule has 29 heavy (non-hydrogen) atoms. The van der Waals surface area contributed by atoms with Gasteiger partial charge in [-0.2, -0.15) is 4.31 Å². The Hall–Kier alpha value is -2.49. The summed E-state index contributed by atoms with van der Waals surface area (Å²) in [5.41, 5.74) is 2.63. The van der Waals surface area contributed by atoms with Crippen molar-refractivity contribution in [1.29, 1.82) is 0 Å². The highest BCUT2D eigenvalue weighted by atomic mass is 32.2. The number of benzene rings is 2. The predicted molar refractivity (Wildman–Crippen MR) is 109 cm³/mol. The standard InChI is InChI=1S/C20H23N3O5S/c1-15-18-5-3-2-4-16(18)8-9-22(15)19-7-6-17(14-20(19)23(24)25)29(26,27)21-10-12-28-13-11-21/h2-7,14-15H,8-13H2,1H3. The van der Waals surface area contributed by atoms with Crippen LogP contribution in [0.1, 0.15) is 24.1 Å². The molecule has 154 valence electrons. The van der Waals surface area contributed by atoms with Crippen molar-refractivity contribution in [2.45, 2.75) is 24.3 Å². The minimum absolute atomic E-state index is 0.0413. The largest absolute Gasteiger partial charge is 0.379 e. The third-order valence-corrected chi connectivity index (χ3v) is 7.55. The fourth-order valence-corrected chi connectivity index (χ4v) is 5.52. The first kappa shape index (κ1) is 19.8. The van der Waals surface area contributed by atoms with Gasteiger partial charge >= 0.3 is 0 Å². The first-order chi connectivity index (χ1) is 13.9. The van der Waals surface area contributed by atoms with Crippen LogP contribution in [0.3, 0.4) is 0 Å². The van der Waals surface area contributed by atoms with Crippen molar-refractivity contribution in [3.8, 4) is 0 Å². The number of fused-ring (bicyclic) bond motifs is 1. The Morgan fingerprint density at radius 1 is 1.10 bits per heavy atom. The van der Waals surface area contributed by atoms with Gasteiger partial charge in [0.05, 0.1) is 29.1 Å². The molecule has 0 N–H and O–H groups in total. The van der Waals surface area contributed by atoms with Gasteiger partial charge in [0.25, 0.3) is 5.69 Å². The van der Waals surface area contributed by atoms with Gasteiger partial charge in [-0.15, -0.1) is 0 Å². The Kier molecular flexibility index (Phi) is 5.28. The molecule has 2 aliphatic rings. The average molecular weight is 417 g/mol. The Morgan fingerprint density at radius 3 is 2.55 bits per heavy atom. The van der Waals surface area contributed by atoms with E-state index in [4.69, 9.17) is 4.74 Å². The zero-order valence-electron chi connectivity index (χ0n) is 16.2. The van der Waals surface area contributed by atoms with E-state index in [0.717, 1.165) is 12.0 Å². The monoisotopic (exact) mass is 417 g/mol. The molecule has 2 aromatic rings. The Morgan fingerprint density at radius 2 is 1.83 bits per heavy atom.